The Labute approximate surface area is 151 Å². The first-order valence-electron chi connectivity index (χ1n) is 7.58. The van der Waals surface area contributed by atoms with E-state index in [1.807, 2.05) is 0 Å². The number of halogens is 4. The number of amides is 1. The van der Waals surface area contributed by atoms with Crippen LogP contribution in [0, 0.1) is 17.5 Å². The molecule has 3 rings (SSSR count). The van der Waals surface area contributed by atoms with Gasteiger partial charge in [0.15, 0.2) is 17.5 Å². The first kappa shape index (κ1) is 18.0. The van der Waals surface area contributed by atoms with E-state index in [1.54, 1.807) is 0 Å². The molecular formula is C18H12ClF3N2O2. The number of carbonyl (C=O) groups excluding carboxylic acids is 1. The fourth-order valence-electron chi connectivity index (χ4n) is 2.31. The molecule has 134 valence electrons. The number of hydrogen-bond acceptors (Lipinski definition) is 3. The molecule has 2 aromatic carbocycles. The molecule has 3 aromatic rings. The maximum Gasteiger partial charge on any atom is 0.224 e. The Kier molecular flexibility index (Phi) is 5.27. The summed E-state index contributed by atoms with van der Waals surface area (Å²) in [6.45, 7) is 0. The lowest BCUT2D eigenvalue weighted by Crippen LogP contribution is -2.13. The molecule has 0 fully saturated rings. The Morgan fingerprint density at radius 1 is 1.12 bits per heavy atom. The second-order valence-electron chi connectivity index (χ2n) is 5.36. The van der Waals surface area contributed by atoms with Crippen LogP contribution in [0.5, 0.6) is 0 Å². The van der Waals surface area contributed by atoms with E-state index in [-0.39, 0.29) is 40.8 Å². The topological polar surface area (TPSA) is 55.1 Å². The van der Waals surface area contributed by atoms with E-state index in [0.717, 1.165) is 12.1 Å². The zero-order valence-corrected chi connectivity index (χ0v) is 14.0. The van der Waals surface area contributed by atoms with E-state index in [0.29, 0.717) is 0 Å². The summed E-state index contributed by atoms with van der Waals surface area (Å²) >= 11 is 5.64. The van der Waals surface area contributed by atoms with Crippen molar-refractivity contribution in [1.82, 2.24) is 4.98 Å². The quantitative estimate of drug-likeness (QED) is 0.679. The van der Waals surface area contributed by atoms with Gasteiger partial charge < -0.3 is 9.73 Å². The van der Waals surface area contributed by atoms with Crippen LogP contribution in [0.4, 0.5) is 18.9 Å². The number of carbonyl (C=O) groups is 1. The number of benzene rings is 2. The minimum Gasteiger partial charge on any atom is -0.441 e. The van der Waals surface area contributed by atoms with Gasteiger partial charge in [0.1, 0.15) is 11.6 Å². The lowest BCUT2D eigenvalue weighted by atomic mass is 10.1. The molecule has 0 unspecified atom stereocenters. The van der Waals surface area contributed by atoms with Crippen molar-refractivity contribution in [2.24, 2.45) is 0 Å². The molecule has 1 aromatic heterocycles. The van der Waals surface area contributed by atoms with Crippen molar-refractivity contribution in [1.29, 1.82) is 0 Å². The summed E-state index contributed by atoms with van der Waals surface area (Å²) in [5.41, 5.74) is -0.360. The molecule has 4 nitrogen and oxygen atoms in total. The number of oxazole rings is 1. The zero-order chi connectivity index (χ0) is 18.7. The number of hydrogen-bond donors (Lipinski definition) is 1. The molecule has 8 heteroatoms. The molecule has 26 heavy (non-hydrogen) atoms. The lowest BCUT2D eigenvalue weighted by Gasteiger charge is -2.06. The molecule has 1 N–H and O–H groups in total. The second kappa shape index (κ2) is 7.61. The van der Waals surface area contributed by atoms with Crippen molar-refractivity contribution >= 4 is 23.2 Å². The van der Waals surface area contributed by atoms with Crippen LogP contribution in [-0.2, 0) is 11.2 Å². The van der Waals surface area contributed by atoms with Crippen molar-refractivity contribution in [3.05, 3.63) is 71.0 Å². The first-order chi connectivity index (χ1) is 12.5. The van der Waals surface area contributed by atoms with Crippen molar-refractivity contribution in [3.8, 4) is 11.3 Å². The summed E-state index contributed by atoms with van der Waals surface area (Å²) in [6, 6.07) is 7.70. The Morgan fingerprint density at radius 2 is 1.81 bits per heavy atom. The van der Waals surface area contributed by atoms with Crippen molar-refractivity contribution < 1.29 is 22.4 Å². The molecular weight excluding hydrogens is 369 g/mol. The fourth-order valence-corrected chi connectivity index (χ4v) is 2.48. The number of nitrogens with one attached hydrogen (secondary N) is 1. The number of anilines is 1. The van der Waals surface area contributed by atoms with Gasteiger partial charge in [-0.05, 0) is 24.3 Å². The zero-order valence-electron chi connectivity index (χ0n) is 13.2. The van der Waals surface area contributed by atoms with Gasteiger partial charge in [-0.25, -0.2) is 18.2 Å². The lowest BCUT2D eigenvalue weighted by molar-refractivity contribution is -0.116. The van der Waals surface area contributed by atoms with Gasteiger partial charge in [0.25, 0.3) is 0 Å². The highest BCUT2D eigenvalue weighted by Gasteiger charge is 2.16. The molecule has 1 amide bonds. The van der Waals surface area contributed by atoms with Crippen LogP contribution in [0.25, 0.3) is 11.3 Å². The van der Waals surface area contributed by atoms with E-state index in [2.05, 4.69) is 10.3 Å². The standard InChI is InChI=1S/C18H12ClF3N2O2/c19-10-3-1-6-13(18(10)22)24-15(25)7-8-16-23-9-14(26-16)17-11(20)4-2-5-12(17)21/h1-6,9H,7-8H2,(H,24,25). The van der Waals surface area contributed by atoms with Crippen LogP contribution in [0.15, 0.2) is 47.0 Å². The van der Waals surface area contributed by atoms with Gasteiger partial charge >= 0.3 is 0 Å². The normalized spacial score (nSPS) is 10.8. The Bertz CT molecular complexity index is 939. The smallest absolute Gasteiger partial charge is 0.224 e. The maximum atomic E-state index is 13.7. The monoisotopic (exact) mass is 380 g/mol. The molecule has 0 aliphatic heterocycles. The third-order valence-electron chi connectivity index (χ3n) is 3.55. The number of aryl methyl sites for hydroxylation is 1. The Morgan fingerprint density at radius 3 is 2.54 bits per heavy atom. The molecule has 0 radical (unpaired) electrons. The fraction of sp³-hybridized carbons (Fsp3) is 0.111. The summed E-state index contributed by atoms with van der Waals surface area (Å²) in [7, 11) is 0. The highest BCUT2D eigenvalue weighted by atomic mass is 35.5. The minimum atomic E-state index is -0.776. The SMILES string of the molecule is O=C(CCc1ncc(-c2c(F)cccc2F)o1)Nc1cccc(Cl)c1F. The average molecular weight is 381 g/mol. The van der Waals surface area contributed by atoms with Crippen LogP contribution in [0.3, 0.4) is 0 Å². The average Bonchev–Trinajstić information content (AvgIpc) is 3.06. The van der Waals surface area contributed by atoms with Crippen molar-refractivity contribution in [3.63, 3.8) is 0 Å². The molecule has 0 aliphatic rings. The van der Waals surface area contributed by atoms with Crippen LogP contribution < -0.4 is 5.32 Å². The highest BCUT2D eigenvalue weighted by Crippen LogP contribution is 2.27. The van der Waals surface area contributed by atoms with Crippen LogP contribution in [0.2, 0.25) is 5.02 Å². The van der Waals surface area contributed by atoms with E-state index in [4.69, 9.17) is 16.0 Å². The van der Waals surface area contributed by atoms with Crippen LogP contribution in [0.1, 0.15) is 12.3 Å². The van der Waals surface area contributed by atoms with E-state index >= 15 is 0 Å². The van der Waals surface area contributed by atoms with Gasteiger partial charge in [0.05, 0.1) is 22.5 Å². The molecule has 0 aliphatic carbocycles. The number of rotatable bonds is 5. The largest absolute Gasteiger partial charge is 0.441 e. The van der Waals surface area contributed by atoms with E-state index < -0.39 is 23.4 Å². The van der Waals surface area contributed by atoms with Gasteiger partial charge in [-0.1, -0.05) is 23.7 Å². The van der Waals surface area contributed by atoms with Crippen LogP contribution >= 0.6 is 11.6 Å². The van der Waals surface area contributed by atoms with Gasteiger partial charge in [0, 0.05) is 12.8 Å². The van der Waals surface area contributed by atoms with Crippen molar-refractivity contribution in [2.45, 2.75) is 12.8 Å². The number of aromatic nitrogens is 1. The molecule has 1 heterocycles. The third kappa shape index (κ3) is 3.88. The van der Waals surface area contributed by atoms with Gasteiger partial charge in [-0.2, -0.15) is 0 Å². The van der Waals surface area contributed by atoms with Crippen molar-refractivity contribution in [2.75, 3.05) is 5.32 Å². The summed E-state index contributed by atoms with van der Waals surface area (Å²) < 4.78 is 46.5. The van der Waals surface area contributed by atoms with Gasteiger partial charge in [-0.15, -0.1) is 0 Å². The van der Waals surface area contributed by atoms with E-state index in [9.17, 15) is 18.0 Å². The molecule has 0 spiro atoms. The molecule has 0 saturated carbocycles. The maximum absolute atomic E-state index is 13.7. The first-order valence-corrected chi connectivity index (χ1v) is 7.96. The third-order valence-corrected chi connectivity index (χ3v) is 3.85. The molecule has 0 bridgehead atoms. The summed E-state index contributed by atoms with van der Waals surface area (Å²) in [5, 5.41) is 2.29. The summed E-state index contributed by atoms with van der Waals surface area (Å²) in [4.78, 5) is 15.8. The van der Waals surface area contributed by atoms with Gasteiger partial charge in [0.2, 0.25) is 5.91 Å². The summed E-state index contributed by atoms with van der Waals surface area (Å²) in [6.07, 6.45) is 1.20. The Balaban J connectivity index is 1.65. The second-order valence-corrected chi connectivity index (χ2v) is 5.77. The molecule has 0 saturated heterocycles. The van der Waals surface area contributed by atoms with Crippen LogP contribution in [-0.4, -0.2) is 10.9 Å². The number of nitrogens with zero attached hydrogens (tertiary/aromatic N) is 1. The summed E-state index contributed by atoms with van der Waals surface area (Å²) in [5.74, 6) is -2.70. The Hall–Kier alpha value is -2.80. The van der Waals surface area contributed by atoms with E-state index in [1.165, 1.54) is 30.5 Å². The predicted molar refractivity (Wildman–Crippen MR) is 90.2 cm³/mol. The predicted octanol–water partition coefficient (Wildman–Crippen LogP) is 4.98. The minimum absolute atomic E-state index is 0.0379. The van der Waals surface area contributed by atoms with Gasteiger partial charge in [-0.3, -0.25) is 4.79 Å². The molecule has 0 atom stereocenters. The highest BCUT2D eigenvalue weighted by molar-refractivity contribution is 6.31.